The van der Waals surface area contributed by atoms with E-state index in [0.29, 0.717) is 11.5 Å². The van der Waals surface area contributed by atoms with Crippen molar-refractivity contribution >= 4 is 23.9 Å². The molecule has 0 amide bonds. The summed E-state index contributed by atoms with van der Waals surface area (Å²) in [7, 11) is 0. The lowest BCUT2D eigenvalue weighted by atomic mass is 10.3. The van der Waals surface area contributed by atoms with Gasteiger partial charge in [0, 0.05) is 12.4 Å². The molecule has 1 unspecified atom stereocenters. The maximum absolute atomic E-state index is 10.2. The fraction of sp³-hybridized carbons (Fsp3) is 0.182. The Morgan fingerprint density at radius 1 is 1.37 bits per heavy atom. The van der Waals surface area contributed by atoms with Gasteiger partial charge in [0.2, 0.25) is 0 Å². The molecule has 3 heterocycles. The van der Waals surface area contributed by atoms with Gasteiger partial charge in [-0.1, -0.05) is 5.21 Å². The fourth-order valence-electron chi connectivity index (χ4n) is 1.79. The second kappa shape index (κ2) is 5.25. The first-order valence-electron chi connectivity index (χ1n) is 5.48. The van der Waals surface area contributed by atoms with E-state index in [0.717, 1.165) is 5.56 Å². The molecule has 1 atom stereocenters. The van der Waals surface area contributed by atoms with Crippen LogP contribution in [0.2, 0.25) is 0 Å². The quantitative estimate of drug-likeness (QED) is 0.836. The van der Waals surface area contributed by atoms with Crippen LogP contribution in [-0.2, 0) is 0 Å². The van der Waals surface area contributed by atoms with Gasteiger partial charge in [0.25, 0.3) is 0 Å². The number of hydrogen-bond acceptors (Lipinski definition) is 6. The standard InChI is InChI=1S/C11H12N6O.ClH/c1-8-2-3-12-10(6-8)17-11(18)9(7-14-17)16-5-4-13-15-16;/h2-7,11,14,18H,1H3;1H. The van der Waals surface area contributed by atoms with Gasteiger partial charge in [0.05, 0.1) is 12.4 Å². The first-order chi connectivity index (χ1) is 8.75. The normalized spacial score (nSPS) is 17.7. The summed E-state index contributed by atoms with van der Waals surface area (Å²) in [5.74, 6) is 0.647. The lowest BCUT2D eigenvalue weighted by molar-refractivity contribution is 0.219. The molecule has 0 aromatic carbocycles. The summed E-state index contributed by atoms with van der Waals surface area (Å²) in [4.78, 5) is 4.21. The van der Waals surface area contributed by atoms with E-state index in [4.69, 9.17) is 0 Å². The van der Waals surface area contributed by atoms with Crippen LogP contribution in [0.1, 0.15) is 5.56 Å². The number of hydrazine groups is 1. The highest BCUT2D eigenvalue weighted by Gasteiger charge is 2.28. The molecule has 100 valence electrons. The summed E-state index contributed by atoms with van der Waals surface area (Å²) in [6.45, 7) is 1.97. The minimum atomic E-state index is -0.860. The first-order valence-corrected chi connectivity index (χ1v) is 5.48. The van der Waals surface area contributed by atoms with Crippen molar-refractivity contribution < 1.29 is 5.11 Å². The number of pyridine rings is 1. The Balaban J connectivity index is 0.00000133. The summed E-state index contributed by atoms with van der Waals surface area (Å²) in [6, 6.07) is 3.78. The molecule has 2 N–H and O–H groups in total. The lowest BCUT2D eigenvalue weighted by Gasteiger charge is -2.22. The molecular weight excluding hydrogens is 268 g/mol. The van der Waals surface area contributed by atoms with E-state index in [9.17, 15) is 5.11 Å². The van der Waals surface area contributed by atoms with E-state index in [1.165, 1.54) is 4.68 Å². The predicted octanol–water partition coefficient (Wildman–Crippen LogP) is 0.545. The number of aromatic nitrogens is 4. The number of nitrogens with one attached hydrogen (secondary N) is 1. The lowest BCUT2D eigenvalue weighted by Crippen LogP contribution is -2.39. The van der Waals surface area contributed by atoms with Crippen molar-refractivity contribution in [1.29, 1.82) is 0 Å². The zero-order valence-electron chi connectivity index (χ0n) is 10.1. The number of aryl methyl sites for hydroxylation is 1. The molecule has 0 saturated heterocycles. The van der Waals surface area contributed by atoms with E-state index in [2.05, 4.69) is 20.7 Å². The second-order valence-corrected chi connectivity index (χ2v) is 3.98. The van der Waals surface area contributed by atoms with Crippen molar-refractivity contribution in [2.45, 2.75) is 13.2 Å². The molecule has 0 aliphatic carbocycles. The summed E-state index contributed by atoms with van der Waals surface area (Å²) >= 11 is 0. The van der Waals surface area contributed by atoms with Gasteiger partial charge in [-0.25, -0.2) is 14.7 Å². The van der Waals surface area contributed by atoms with Gasteiger partial charge in [-0.2, -0.15) is 0 Å². The number of aliphatic hydroxyl groups is 1. The molecule has 0 spiro atoms. The molecule has 1 aliphatic rings. The molecule has 0 saturated carbocycles. The van der Waals surface area contributed by atoms with Crippen LogP contribution in [0.15, 0.2) is 36.9 Å². The van der Waals surface area contributed by atoms with Crippen molar-refractivity contribution in [3.05, 3.63) is 42.5 Å². The van der Waals surface area contributed by atoms with E-state index in [1.807, 2.05) is 19.1 Å². The Morgan fingerprint density at radius 3 is 2.89 bits per heavy atom. The van der Waals surface area contributed by atoms with E-state index in [1.54, 1.807) is 29.8 Å². The maximum Gasteiger partial charge on any atom is 0.192 e. The van der Waals surface area contributed by atoms with Gasteiger partial charge in [0.15, 0.2) is 6.23 Å². The Kier molecular flexibility index (Phi) is 3.68. The monoisotopic (exact) mass is 280 g/mol. The highest BCUT2D eigenvalue weighted by Crippen LogP contribution is 2.22. The topological polar surface area (TPSA) is 79.1 Å². The Morgan fingerprint density at radius 2 is 2.21 bits per heavy atom. The van der Waals surface area contributed by atoms with Gasteiger partial charge >= 0.3 is 0 Å². The van der Waals surface area contributed by atoms with Crippen LogP contribution < -0.4 is 10.4 Å². The van der Waals surface area contributed by atoms with Crippen LogP contribution in [-0.4, -0.2) is 31.3 Å². The molecule has 7 nitrogen and oxygen atoms in total. The van der Waals surface area contributed by atoms with Crippen molar-refractivity contribution in [3.8, 4) is 0 Å². The molecule has 0 bridgehead atoms. The zero-order valence-corrected chi connectivity index (χ0v) is 10.9. The van der Waals surface area contributed by atoms with Crippen molar-refractivity contribution in [3.63, 3.8) is 0 Å². The van der Waals surface area contributed by atoms with Gasteiger partial charge < -0.3 is 5.11 Å². The Labute approximate surface area is 115 Å². The predicted molar refractivity (Wildman–Crippen MR) is 72.1 cm³/mol. The minimum Gasteiger partial charge on any atom is -0.367 e. The third-order valence-electron chi connectivity index (χ3n) is 2.70. The Hall–Kier alpha value is -2.12. The second-order valence-electron chi connectivity index (χ2n) is 3.98. The Bertz CT molecular complexity index is 585. The van der Waals surface area contributed by atoms with Gasteiger partial charge in [0.1, 0.15) is 11.5 Å². The van der Waals surface area contributed by atoms with Gasteiger partial charge in [-0.15, -0.1) is 17.5 Å². The molecule has 19 heavy (non-hydrogen) atoms. The molecular formula is C11H13ClN6O. The fourth-order valence-corrected chi connectivity index (χ4v) is 1.79. The average molecular weight is 281 g/mol. The van der Waals surface area contributed by atoms with Crippen LogP contribution in [0.3, 0.4) is 0 Å². The van der Waals surface area contributed by atoms with Crippen molar-refractivity contribution in [2.24, 2.45) is 0 Å². The smallest absolute Gasteiger partial charge is 0.192 e. The molecule has 0 fully saturated rings. The highest BCUT2D eigenvalue weighted by atomic mass is 35.5. The summed E-state index contributed by atoms with van der Waals surface area (Å²) < 4.78 is 1.51. The first kappa shape index (κ1) is 13.3. The average Bonchev–Trinajstić information content (AvgIpc) is 2.97. The number of nitrogens with zero attached hydrogens (tertiary/aromatic N) is 5. The minimum absolute atomic E-state index is 0. The van der Waals surface area contributed by atoms with Crippen LogP contribution >= 0.6 is 12.4 Å². The molecule has 3 rings (SSSR count). The van der Waals surface area contributed by atoms with E-state index < -0.39 is 6.23 Å². The van der Waals surface area contributed by atoms with Gasteiger partial charge in [-0.05, 0) is 24.6 Å². The molecule has 2 aromatic rings. The molecule has 1 aliphatic heterocycles. The van der Waals surface area contributed by atoms with Crippen LogP contribution in [0, 0.1) is 6.92 Å². The largest absolute Gasteiger partial charge is 0.367 e. The number of halogens is 1. The van der Waals surface area contributed by atoms with E-state index in [-0.39, 0.29) is 12.4 Å². The summed E-state index contributed by atoms with van der Waals surface area (Å²) in [6.07, 6.45) is 5.74. The molecule has 2 aromatic heterocycles. The molecule has 0 radical (unpaired) electrons. The zero-order chi connectivity index (χ0) is 12.5. The van der Waals surface area contributed by atoms with Crippen molar-refractivity contribution in [1.82, 2.24) is 25.4 Å². The maximum atomic E-state index is 10.2. The number of hydrogen-bond donors (Lipinski definition) is 2. The van der Waals surface area contributed by atoms with Gasteiger partial charge in [-0.3, -0.25) is 5.43 Å². The molecule has 8 heteroatoms. The summed E-state index contributed by atoms with van der Waals surface area (Å²) in [5.41, 5.74) is 4.62. The third kappa shape index (κ3) is 2.38. The number of anilines is 1. The number of aliphatic hydroxyl groups excluding tert-OH is 1. The number of rotatable bonds is 2. The van der Waals surface area contributed by atoms with E-state index >= 15 is 0 Å². The highest BCUT2D eigenvalue weighted by molar-refractivity contribution is 5.85. The summed E-state index contributed by atoms with van der Waals surface area (Å²) in [5, 5.41) is 19.3. The van der Waals surface area contributed by atoms with Crippen LogP contribution in [0.25, 0.3) is 5.70 Å². The third-order valence-corrected chi connectivity index (χ3v) is 2.70. The SMILES string of the molecule is Cc1ccnc(N2NC=C(n3ccnn3)C2O)c1.Cl. The van der Waals surface area contributed by atoms with Crippen LogP contribution in [0.5, 0.6) is 0 Å². The van der Waals surface area contributed by atoms with Crippen LogP contribution in [0.4, 0.5) is 5.82 Å². The van der Waals surface area contributed by atoms with Crippen molar-refractivity contribution in [2.75, 3.05) is 5.01 Å².